The summed E-state index contributed by atoms with van der Waals surface area (Å²) in [6.07, 6.45) is 2.02. The lowest BCUT2D eigenvalue weighted by molar-refractivity contribution is -0.0752. The van der Waals surface area contributed by atoms with Crippen molar-refractivity contribution < 1.29 is 20.5 Å². The van der Waals surface area contributed by atoms with Gasteiger partial charge >= 0.3 is 0 Å². The fraction of sp³-hybridized carbons (Fsp3) is 0.400. The number of fused-ring (bicyclic) bond motifs is 1. The van der Waals surface area contributed by atoms with E-state index in [4.69, 9.17) is 28.4 Å². The summed E-state index contributed by atoms with van der Waals surface area (Å²) in [6.45, 7) is 1.60. The second kappa shape index (κ2) is 7.41. The zero-order valence-electron chi connectivity index (χ0n) is 15.6. The van der Waals surface area contributed by atoms with Gasteiger partial charge in [-0.15, -0.1) is 0 Å². The van der Waals surface area contributed by atoms with Crippen molar-refractivity contribution in [3.05, 3.63) is 57.3 Å². The van der Waals surface area contributed by atoms with Crippen molar-refractivity contribution in [2.75, 3.05) is 0 Å². The number of oxime groups is 1. The Labute approximate surface area is 177 Å². The van der Waals surface area contributed by atoms with Crippen molar-refractivity contribution in [2.24, 2.45) is 16.1 Å². The molecule has 9 heteroatoms. The molecule has 154 valence electrons. The number of aromatic nitrogens is 1. The molecule has 1 fully saturated rings. The van der Waals surface area contributed by atoms with Crippen LogP contribution in [0.2, 0.25) is 10.0 Å². The van der Waals surface area contributed by atoms with E-state index in [-0.39, 0.29) is 5.84 Å². The summed E-state index contributed by atoms with van der Waals surface area (Å²) in [7, 11) is 0. The first-order valence-electron chi connectivity index (χ1n) is 9.24. The van der Waals surface area contributed by atoms with Gasteiger partial charge in [0, 0.05) is 36.0 Å². The lowest BCUT2D eigenvalue weighted by Gasteiger charge is -2.33. The lowest BCUT2D eigenvalue weighted by atomic mass is 9.80. The molecule has 2 aromatic rings. The topological polar surface area (TPSA) is 111 Å². The van der Waals surface area contributed by atoms with Gasteiger partial charge in [0.1, 0.15) is 6.10 Å². The highest BCUT2D eigenvalue weighted by Gasteiger charge is 2.51. The molecule has 0 bridgehead atoms. The van der Waals surface area contributed by atoms with Crippen LogP contribution in [0.1, 0.15) is 36.2 Å². The van der Waals surface area contributed by atoms with Gasteiger partial charge in [0.2, 0.25) is 0 Å². The monoisotopic (exact) mass is 437 g/mol. The van der Waals surface area contributed by atoms with Crippen molar-refractivity contribution in [1.29, 1.82) is 0 Å². The molecular formula is C20H21Cl2N3O4. The number of aliphatic hydroxyl groups is 3. The van der Waals surface area contributed by atoms with Crippen molar-refractivity contribution in [3.8, 4) is 0 Å². The van der Waals surface area contributed by atoms with Crippen LogP contribution in [0.4, 0.5) is 0 Å². The summed E-state index contributed by atoms with van der Waals surface area (Å²) in [4.78, 5) is 4.06. The van der Waals surface area contributed by atoms with Gasteiger partial charge in [-0.05, 0) is 37.1 Å². The van der Waals surface area contributed by atoms with E-state index in [1.165, 1.54) is 0 Å². The van der Waals surface area contributed by atoms with Crippen molar-refractivity contribution >= 4 is 35.3 Å². The first kappa shape index (κ1) is 20.4. The average Bonchev–Trinajstić information content (AvgIpc) is 3.25. The standard InChI is InChI=1S/C20H21Cl2N3O4/c1-20(28,10-2-3-13(21)14(22)8-10)12-9-16(18(27)17(12)26)25-7-5-11-15(25)4-6-23-19(11)24-29/h2-3,5-8,12,16-18,26-29H,4,9H2,1H3/b24-19+/t12-,16+,17+,18-,20+/m0/s1. The molecule has 0 radical (unpaired) electrons. The first-order valence-corrected chi connectivity index (χ1v) is 10.00. The van der Waals surface area contributed by atoms with Gasteiger partial charge in [-0.25, -0.2) is 4.99 Å². The average molecular weight is 438 g/mol. The summed E-state index contributed by atoms with van der Waals surface area (Å²) < 4.78 is 1.87. The van der Waals surface area contributed by atoms with E-state index in [1.54, 1.807) is 43.6 Å². The van der Waals surface area contributed by atoms with Gasteiger partial charge in [-0.1, -0.05) is 34.4 Å². The number of halogens is 2. The van der Waals surface area contributed by atoms with Gasteiger partial charge in [-0.3, -0.25) is 0 Å². The summed E-state index contributed by atoms with van der Waals surface area (Å²) in [5.41, 5.74) is 0.589. The Kier molecular flexibility index (Phi) is 5.21. The number of nitrogens with zero attached hydrogens (tertiary/aromatic N) is 3. The van der Waals surface area contributed by atoms with E-state index < -0.39 is 29.8 Å². The number of rotatable bonds is 3. The maximum atomic E-state index is 11.3. The Morgan fingerprint density at radius 2 is 1.93 bits per heavy atom. The van der Waals surface area contributed by atoms with Crippen LogP contribution in [0.3, 0.4) is 0 Å². The third-order valence-corrected chi connectivity index (χ3v) is 6.83. The molecule has 0 amide bonds. The van der Waals surface area contributed by atoms with Crippen LogP contribution in [0.5, 0.6) is 0 Å². The maximum Gasteiger partial charge on any atom is 0.199 e. The van der Waals surface area contributed by atoms with E-state index in [2.05, 4.69) is 10.1 Å². The Morgan fingerprint density at radius 1 is 1.17 bits per heavy atom. The second-order valence-corrected chi connectivity index (χ2v) is 8.50. The van der Waals surface area contributed by atoms with Gasteiger partial charge in [0.15, 0.2) is 5.84 Å². The second-order valence-electron chi connectivity index (χ2n) is 7.69. The number of amidine groups is 1. The Balaban J connectivity index is 1.67. The molecular weight excluding hydrogens is 417 g/mol. The highest BCUT2D eigenvalue weighted by Crippen LogP contribution is 2.46. The highest BCUT2D eigenvalue weighted by molar-refractivity contribution is 6.42. The van der Waals surface area contributed by atoms with Crippen LogP contribution < -0.4 is 0 Å². The van der Waals surface area contributed by atoms with Crippen molar-refractivity contribution in [2.45, 2.75) is 43.6 Å². The molecule has 4 N–H and O–H groups in total. The van der Waals surface area contributed by atoms with Gasteiger partial charge < -0.3 is 25.1 Å². The zero-order valence-corrected chi connectivity index (χ0v) is 17.1. The molecule has 1 saturated carbocycles. The minimum atomic E-state index is -1.43. The third kappa shape index (κ3) is 3.27. The zero-order chi connectivity index (χ0) is 20.9. The molecule has 29 heavy (non-hydrogen) atoms. The summed E-state index contributed by atoms with van der Waals surface area (Å²) >= 11 is 12.1. The van der Waals surface area contributed by atoms with Crippen LogP contribution in [-0.2, 0) is 12.0 Å². The van der Waals surface area contributed by atoms with Crippen LogP contribution in [0.25, 0.3) is 0 Å². The number of benzene rings is 1. The van der Waals surface area contributed by atoms with E-state index >= 15 is 0 Å². The summed E-state index contributed by atoms with van der Waals surface area (Å²) in [5.74, 6) is -0.432. The molecule has 1 aliphatic carbocycles. The third-order valence-electron chi connectivity index (χ3n) is 6.09. The van der Waals surface area contributed by atoms with Crippen LogP contribution in [0, 0.1) is 5.92 Å². The fourth-order valence-electron chi connectivity index (χ4n) is 4.45. The quantitative estimate of drug-likeness (QED) is 0.436. The smallest absolute Gasteiger partial charge is 0.199 e. The molecule has 1 aromatic carbocycles. The molecule has 5 atom stereocenters. The molecule has 0 saturated heterocycles. The maximum absolute atomic E-state index is 11.3. The molecule has 2 heterocycles. The minimum Gasteiger partial charge on any atom is -0.409 e. The van der Waals surface area contributed by atoms with Gasteiger partial charge in [0.25, 0.3) is 0 Å². The van der Waals surface area contributed by atoms with E-state index in [0.717, 1.165) is 5.69 Å². The van der Waals surface area contributed by atoms with Gasteiger partial charge in [-0.2, -0.15) is 0 Å². The SMILES string of the molecule is C[C@@](O)(c1ccc(Cl)c(Cl)c1)[C@H]1C[C@@H](n2ccc3c2CC=N/C3=N/O)[C@H](O)[C@@H]1O. The predicted molar refractivity (Wildman–Crippen MR) is 110 cm³/mol. The largest absolute Gasteiger partial charge is 0.409 e. The van der Waals surface area contributed by atoms with Crippen molar-refractivity contribution in [3.63, 3.8) is 0 Å². The Bertz CT molecular complexity index is 1000. The fourth-order valence-corrected chi connectivity index (χ4v) is 4.75. The number of hydrogen-bond acceptors (Lipinski definition) is 5. The summed E-state index contributed by atoms with van der Waals surface area (Å²) in [5, 5.41) is 45.9. The van der Waals surface area contributed by atoms with Crippen LogP contribution in [0.15, 0.2) is 40.6 Å². The van der Waals surface area contributed by atoms with Crippen LogP contribution in [-0.4, -0.2) is 49.4 Å². The normalized spacial score (nSPS) is 29.8. The molecule has 0 unspecified atom stereocenters. The Morgan fingerprint density at radius 3 is 2.62 bits per heavy atom. The van der Waals surface area contributed by atoms with E-state index in [1.807, 2.05) is 4.57 Å². The molecule has 2 aliphatic rings. The van der Waals surface area contributed by atoms with Gasteiger partial charge in [0.05, 0.1) is 27.8 Å². The number of hydrogen-bond donors (Lipinski definition) is 4. The van der Waals surface area contributed by atoms with Crippen LogP contribution >= 0.6 is 23.2 Å². The highest BCUT2D eigenvalue weighted by atomic mass is 35.5. The minimum absolute atomic E-state index is 0.206. The number of aliphatic hydroxyl groups excluding tert-OH is 2. The lowest BCUT2D eigenvalue weighted by Crippen LogP contribution is -2.40. The molecule has 7 nitrogen and oxygen atoms in total. The van der Waals surface area contributed by atoms with E-state index in [9.17, 15) is 15.3 Å². The summed E-state index contributed by atoms with van der Waals surface area (Å²) in [6, 6.07) is 6.15. The molecule has 1 aromatic heterocycles. The predicted octanol–water partition coefficient (Wildman–Crippen LogP) is 2.75. The van der Waals surface area contributed by atoms with E-state index in [0.29, 0.717) is 34.0 Å². The molecule has 4 rings (SSSR count). The Hall–Kier alpha value is -1.90. The van der Waals surface area contributed by atoms with Crippen molar-refractivity contribution in [1.82, 2.24) is 4.57 Å². The molecule has 1 aliphatic heterocycles. The first-order chi connectivity index (χ1) is 13.8. The number of aliphatic imine (C=N–C) groups is 1. The molecule has 0 spiro atoms.